The van der Waals surface area contributed by atoms with Gasteiger partial charge in [-0.1, -0.05) is 0 Å². The molecule has 0 spiro atoms. The highest BCUT2D eigenvalue weighted by Gasteiger charge is 2.54. The zero-order valence-electron chi connectivity index (χ0n) is 13.7. The number of rotatable bonds is 4. The number of piperidine rings is 1. The van der Waals surface area contributed by atoms with E-state index in [0.717, 1.165) is 51.1 Å². The van der Waals surface area contributed by atoms with Crippen LogP contribution in [0.3, 0.4) is 0 Å². The second kappa shape index (κ2) is 6.55. The molecule has 3 saturated heterocycles. The van der Waals surface area contributed by atoms with E-state index in [1.165, 1.54) is 0 Å². The fourth-order valence-corrected chi connectivity index (χ4v) is 4.74. The van der Waals surface area contributed by atoms with Crippen LogP contribution in [-0.2, 0) is 15.9 Å². The van der Waals surface area contributed by atoms with E-state index in [1.54, 1.807) is 6.26 Å². The van der Waals surface area contributed by atoms with Gasteiger partial charge in [-0.05, 0) is 31.5 Å². The van der Waals surface area contributed by atoms with Gasteiger partial charge in [-0.2, -0.15) is 0 Å². The van der Waals surface area contributed by atoms with Crippen LogP contribution in [0, 0.1) is 11.8 Å². The minimum Gasteiger partial charge on any atom is -0.469 e. The molecule has 4 heterocycles. The molecule has 0 radical (unpaired) electrons. The summed E-state index contributed by atoms with van der Waals surface area (Å²) in [6, 6.07) is 4.44. The van der Waals surface area contributed by atoms with Gasteiger partial charge in [0.2, 0.25) is 0 Å². The van der Waals surface area contributed by atoms with Crippen molar-refractivity contribution in [2.24, 2.45) is 11.8 Å². The summed E-state index contributed by atoms with van der Waals surface area (Å²) in [5, 5.41) is 11.3. The van der Waals surface area contributed by atoms with Crippen molar-refractivity contribution in [1.29, 1.82) is 0 Å². The summed E-state index contributed by atoms with van der Waals surface area (Å²) in [6.07, 6.45) is 5.58. The number of fused-ring (bicyclic) bond motifs is 3. The Morgan fingerprint density at radius 3 is 3.04 bits per heavy atom. The fraction of sp³-hybridized carbons (Fsp3) is 0.778. The maximum Gasteiger partial charge on any atom is 0.103 e. The van der Waals surface area contributed by atoms with E-state index in [9.17, 15) is 5.11 Å². The molecular formula is C18H27NO4. The summed E-state index contributed by atoms with van der Waals surface area (Å²) in [5.74, 6) is 1.49. The number of ether oxygens (including phenoxy) is 2. The van der Waals surface area contributed by atoms with E-state index < -0.39 is 5.60 Å². The van der Waals surface area contributed by atoms with Gasteiger partial charge >= 0.3 is 0 Å². The van der Waals surface area contributed by atoms with E-state index in [1.807, 2.05) is 12.1 Å². The molecule has 4 rings (SSSR count). The van der Waals surface area contributed by atoms with Crippen molar-refractivity contribution >= 4 is 0 Å². The second-order valence-corrected chi connectivity index (χ2v) is 7.23. The van der Waals surface area contributed by atoms with Crippen molar-refractivity contribution < 1.29 is 19.0 Å². The maximum atomic E-state index is 11.3. The van der Waals surface area contributed by atoms with Crippen LogP contribution in [0.1, 0.15) is 25.0 Å². The molecule has 0 aliphatic carbocycles. The van der Waals surface area contributed by atoms with Crippen molar-refractivity contribution in [2.45, 2.75) is 37.3 Å². The van der Waals surface area contributed by atoms with Crippen molar-refractivity contribution in [3.05, 3.63) is 24.2 Å². The van der Waals surface area contributed by atoms with Gasteiger partial charge in [0.25, 0.3) is 0 Å². The lowest BCUT2D eigenvalue weighted by Crippen LogP contribution is -2.68. The first-order chi connectivity index (χ1) is 11.3. The Bertz CT molecular complexity index is 505. The summed E-state index contributed by atoms with van der Waals surface area (Å²) in [5.41, 5.74) is -0.596. The van der Waals surface area contributed by atoms with Crippen molar-refractivity contribution in [1.82, 2.24) is 4.90 Å². The molecule has 0 amide bonds. The third-order valence-electron chi connectivity index (χ3n) is 6.01. The first-order valence-electron chi connectivity index (χ1n) is 8.91. The Balaban J connectivity index is 1.44. The SMILES string of the molecule is O[C@@]12CCOC[C@@H]1CN(CCCc1ccco1)[C@H]1CCOC[C@H]12. The van der Waals surface area contributed by atoms with Gasteiger partial charge in [-0.25, -0.2) is 0 Å². The number of aliphatic hydroxyl groups is 1. The Morgan fingerprint density at radius 2 is 2.17 bits per heavy atom. The number of likely N-dealkylation sites (tertiary alicyclic amines) is 1. The summed E-state index contributed by atoms with van der Waals surface area (Å²) >= 11 is 0. The topological polar surface area (TPSA) is 55.1 Å². The Kier molecular flexibility index (Phi) is 4.46. The van der Waals surface area contributed by atoms with E-state index >= 15 is 0 Å². The van der Waals surface area contributed by atoms with Crippen molar-refractivity contribution in [3.63, 3.8) is 0 Å². The van der Waals surface area contributed by atoms with Gasteiger partial charge in [0, 0.05) is 50.5 Å². The minimum atomic E-state index is -0.596. The van der Waals surface area contributed by atoms with Crippen molar-refractivity contribution in [3.8, 4) is 0 Å². The van der Waals surface area contributed by atoms with Gasteiger partial charge < -0.3 is 19.0 Å². The molecule has 0 unspecified atom stereocenters. The van der Waals surface area contributed by atoms with Gasteiger partial charge in [-0.3, -0.25) is 4.90 Å². The molecule has 23 heavy (non-hydrogen) atoms. The molecule has 0 aromatic carbocycles. The fourth-order valence-electron chi connectivity index (χ4n) is 4.74. The number of aryl methyl sites for hydroxylation is 1. The third kappa shape index (κ3) is 2.95. The molecule has 0 saturated carbocycles. The molecule has 5 nitrogen and oxygen atoms in total. The van der Waals surface area contributed by atoms with Crippen LogP contribution in [0.5, 0.6) is 0 Å². The Labute approximate surface area is 137 Å². The molecule has 1 N–H and O–H groups in total. The van der Waals surface area contributed by atoms with Crippen LogP contribution < -0.4 is 0 Å². The lowest BCUT2D eigenvalue weighted by Gasteiger charge is -2.57. The maximum absolute atomic E-state index is 11.3. The number of hydrogen-bond donors (Lipinski definition) is 1. The number of nitrogens with zero attached hydrogens (tertiary/aromatic N) is 1. The predicted octanol–water partition coefficient (Wildman–Crippen LogP) is 1.70. The van der Waals surface area contributed by atoms with Gasteiger partial charge in [0.1, 0.15) is 5.76 Å². The van der Waals surface area contributed by atoms with Gasteiger partial charge in [-0.15, -0.1) is 0 Å². The van der Waals surface area contributed by atoms with Crippen LogP contribution in [0.25, 0.3) is 0 Å². The predicted molar refractivity (Wildman–Crippen MR) is 85.2 cm³/mol. The normalized spacial score (nSPS) is 38.0. The summed E-state index contributed by atoms with van der Waals surface area (Å²) in [6.45, 7) is 4.84. The number of hydrogen-bond acceptors (Lipinski definition) is 5. The molecule has 3 aliphatic rings. The summed E-state index contributed by atoms with van der Waals surface area (Å²) in [4.78, 5) is 2.57. The monoisotopic (exact) mass is 321 g/mol. The van der Waals surface area contributed by atoms with Crippen LogP contribution >= 0.6 is 0 Å². The molecule has 0 bridgehead atoms. The average Bonchev–Trinajstić information content (AvgIpc) is 3.09. The van der Waals surface area contributed by atoms with E-state index in [4.69, 9.17) is 13.9 Å². The Hall–Kier alpha value is -0.880. The molecule has 5 heteroatoms. The molecule has 3 aliphatic heterocycles. The highest BCUT2D eigenvalue weighted by molar-refractivity contribution is 5.06. The lowest BCUT2D eigenvalue weighted by atomic mass is 9.66. The van der Waals surface area contributed by atoms with E-state index in [-0.39, 0.29) is 11.8 Å². The molecule has 4 atom stereocenters. The lowest BCUT2D eigenvalue weighted by molar-refractivity contribution is -0.219. The Morgan fingerprint density at radius 1 is 1.26 bits per heavy atom. The van der Waals surface area contributed by atoms with Crippen LogP contribution in [0.4, 0.5) is 0 Å². The summed E-state index contributed by atoms with van der Waals surface area (Å²) < 4.78 is 16.8. The zero-order chi connectivity index (χ0) is 15.7. The highest BCUT2D eigenvalue weighted by Crippen LogP contribution is 2.44. The molecular weight excluding hydrogens is 294 g/mol. The second-order valence-electron chi connectivity index (χ2n) is 7.23. The smallest absolute Gasteiger partial charge is 0.103 e. The molecule has 1 aromatic heterocycles. The zero-order valence-corrected chi connectivity index (χ0v) is 13.7. The largest absolute Gasteiger partial charge is 0.469 e. The first-order valence-corrected chi connectivity index (χ1v) is 8.91. The van der Waals surface area contributed by atoms with Gasteiger partial charge in [0.15, 0.2) is 0 Å². The highest BCUT2D eigenvalue weighted by atomic mass is 16.5. The van der Waals surface area contributed by atoms with Crippen LogP contribution in [0.15, 0.2) is 22.8 Å². The third-order valence-corrected chi connectivity index (χ3v) is 6.01. The van der Waals surface area contributed by atoms with Crippen molar-refractivity contribution in [2.75, 3.05) is 39.5 Å². The number of furan rings is 1. The molecule has 128 valence electrons. The van der Waals surface area contributed by atoms with E-state index in [2.05, 4.69) is 4.90 Å². The van der Waals surface area contributed by atoms with Crippen LogP contribution in [0.2, 0.25) is 0 Å². The standard InChI is InChI=1S/C18H27NO4/c20-18-6-10-22-12-14(18)11-19(17-5-9-21-13-16(17)18)7-1-3-15-4-2-8-23-15/h2,4,8,14,16-17,20H,1,3,5-7,9-13H2/t14-,16+,17-,18-/m0/s1. The summed E-state index contributed by atoms with van der Waals surface area (Å²) in [7, 11) is 0. The first kappa shape index (κ1) is 15.6. The van der Waals surface area contributed by atoms with Gasteiger partial charge in [0.05, 0.1) is 25.1 Å². The molecule has 3 fully saturated rings. The quantitative estimate of drug-likeness (QED) is 0.915. The molecule has 1 aromatic rings. The van der Waals surface area contributed by atoms with Crippen LogP contribution in [-0.4, -0.2) is 61.2 Å². The van der Waals surface area contributed by atoms with E-state index in [0.29, 0.717) is 25.9 Å². The minimum absolute atomic E-state index is 0.211. The average molecular weight is 321 g/mol.